The molecule has 6 heteroatoms. The lowest BCUT2D eigenvalue weighted by Crippen LogP contribution is -2.12. The first kappa shape index (κ1) is 10.5. The Hall–Kier alpha value is -2.63. The Bertz CT molecular complexity index is 626. The number of nitrogens with one attached hydrogen (secondary N) is 2. The lowest BCUT2D eigenvalue weighted by molar-refractivity contribution is 0.0966. The molecule has 4 N–H and O–H groups in total. The first-order chi connectivity index (χ1) is 8.72. The summed E-state index contributed by atoms with van der Waals surface area (Å²) in [5.74, 6) is 0.760. The molecular weight excluding hydrogens is 230 g/mol. The Labute approximate surface area is 103 Å². The van der Waals surface area contributed by atoms with Crippen molar-refractivity contribution < 1.29 is 4.79 Å². The molecule has 0 atom stereocenters. The highest BCUT2D eigenvalue weighted by molar-refractivity contribution is 5.99. The largest absolute Gasteiger partial charge is 0.368 e. The maximum Gasteiger partial charge on any atom is 0.251 e. The number of anilines is 3. The molecule has 2 aromatic rings. The number of hydrogen-bond donors (Lipinski definition) is 3. The Morgan fingerprint density at radius 1 is 1.33 bits per heavy atom. The summed E-state index contributed by atoms with van der Waals surface area (Å²) in [6, 6.07) is 7.33. The molecule has 2 heterocycles. The molecular formula is C12H11N5O. The second kappa shape index (κ2) is 3.99. The third-order valence-electron chi connectivity index (χ3n) is 2.74. The minimum Gasteiger partial charge on any atom is -0.368 e. The van der Waals surface area contributed by atoms with Crippen LogP contribution in [-0.2, 0) is 6.54 Å². The minimum atomic E-state index is -0.0455. The molecule has 0 saturated heterocycles. The number of aromatic nitrogens is 2. The van der Waals surface area contributed by atoms with Gasteiger partial charge < -0.3 is 16.4 Å². The SMILES string of the molecule is Nc1nccc(Nc2ccc3c(c2)C(=O)NC3)n1. The lowest BCUT2D eigenvalue weighted by Gasteiger charge is -2.06. The van der Waals surface area contributed by atoms with E-state index in [0.717, 1.165) is 11.3 Å². The number of carbonyl (C=O) groups is 1. The molecule has 90 valence electrons. The van der Waals surface area contributed by atoms with Gasteiger partial charge in [0.15, 0.2) is 0 Å². The molecule has 0 saturated carbocycles. The van der Waals surface area contributed by atoms with E-state index in [1.54, 1.807) is 18.3 Å². The first-order valence-electron chi connectivity index (χ1n) is 5.49. The van der Waals surface area contributed by atoms with Gasteiger partial charge in [-0.2, -0.15) is 4.98 Å². The first-order valence-corrected chi connectivity index (χ1v) is 5.49. The predicted molar refractivity (Wildman–Crippen MR) is 67.3 cm³/mol. The highest BCUT2D eigenvalue weighted by Crippen LogP contribution is 2.22. The summed E-state index contributed by atoms with van der Waals surface area (Å²) in [5.41, 5.74) is 8.00. The number of amides is 1. The van der Waals surface area contributed by atoms with Gasteiger partial charge in [-0.05, 0) is 23.8 Å². The van der Waals surface area contributed by atoms with Gasteiger partial charge in [-0.1, -0.05) is 6.07 Å². The monoisotopic (exact) mass is 241 g/mol. The lowest BCUT2D eigenvalue weighted by atomic mass is 10.1. The van der Waals surface area contributed by atoms with Crippen LogP contribution in [0.3, 0.4) is 0 Å². The van der Waals surface area contributed by atoms with Crippen molar-refractivity contribution in [2.45, 2.75) is 6.54 Å². The number of hydrogen-bond acceptors (Lipinski definition) is 5. The fourth-order valence-corrected chi connectivity index (χ4v) is 1.88. The predicted octanol–water partition coefficient (Wildman–Crippen LogP) is 1.05. The quantitative estimate of drug-likeness (QED) is 0.730. The van der Waals surface area contributed by atoms with Crippen molar-refractivity contribution in [3.63, 3.8) is 0 Å². The molecule has 1 aliphatic rings. The van der Waals surface area contributed by atoms with E-state index < -0.39 is 0 Å². The molecule has 1 aromatic heterocycles. The summed E-state index contributed by atoms with van der Waals surface area (Å²) in [4.78, 5) is 19.4. The van der Waals surface area contributed by atoms with E-state index in [9.17, 15) is 4.79 Å². The van der Waals surface area contributed by atoms with Crippen LogP contribution in [0.15, 0.2) is 30.5 Å². The molecule has 0 aliphatic carbocycles. The van der Waals surface area contributed by atoms with Crippen LogP contribution >= 0.6 is 0 Å². The van der Waals surface area contributed by atoms with Gasteiger partial charge in [0, 0.05) is 24.0 Å². The Morgan fingerprint density at radius 2 is 2.22 bits per heavy atom. The number of carbonyl (C=O) groups excluding carboxylic acids is 1. The van der Waals surface area contributed by atoms with Crippen LogP contribution in [0.2, 0.25) is 0 Å². The molecule has 1 amide bonds. The fraction of sp³-hybridized carbons (Fsp3) is 0.0833. The van der Waals surface area contributed by atoms with Gasteiger partial charge in [-0.15, -0.1) is 0 Å². The van der Waals surface area contributed by atoms with E-state index in [1.165, 1.54) is 0 Å². The fourth-order valence-electron chi connectivity index (χ4n) is 1.88. The maximum atomic E-state index is 11.5. The number of fused-ring (bicyclic) bond motifs is 1. The third-order valence-corrected chi connectivity index (χ3v) is 2.74. The van der Waals surface area contributed by atoms with E-state index in [4.69, 9.17) is 5.73 Å². The zero-order chi connectivity index (χ0) is 12.5. The van der Waals surface area contributed by atoms with Crippen molar-refractivity contribution in [2.75, 3.05) is 11.1 Å². The second-order valence-electron chi connectivity index (χ2n) is 3.98. The zero-order valence-electron chi connectivity index (χ0n) is 9.47. The standard InChI is InChI=1S/C12H11N5O/c13-12-14-4-3-10(17-12)16-8-2-1-7-6-15-11(18)9(7)5-8/h1-5H,6H2,(H,15,18)(H3,13,14,16,17). The Balaban J connectivity index is 1.90. The molecule has 18 heavy (non-hydrogen) atoms. The molecule has 1 aliphatic heterocycles. The van der Waals surface area contributed by atoms with Gasteiger partial charge in [0.2, 0.25) is 5.95 Å². The summed E-state index contributed by atoms with van der Waals surface area (Å²) in [6.07, 6.45) is 1.57. The summed E-state index contributed by atoms with van der Waals surface area (Å²) in [5, 5.41) is 5.86. The highest BCUT2D eigenvalue weighted by Gasteiger charge is 2.18. The number of nitrogens with zero attached hydrogens (tertiary/aromatic N) is 2. The topological polar surface area (TPSA) is 92.9 Å². The van der Waals surface area contributed by atoms with Crippen LogP contribution in [0.5, 0.6) is 0 Å². The van der Waals surface area contributed by atoms with Crippen molar-refractivity contribution in [3.05, 3.63) is 41.6 Å². The molecule has 0 fully saturated rings. The van der Waals surface area contributed by atoms with Crippen molar-refractivity contribution in [1.82, 2.24) is 15.3 Å². The highest BCUT2D eigenvalue weighted by atomic mass is 16.1. The van der Waals surface area contributed by atoms with Crippen molar-refractivity contribution in [1.29, 1.82) is 0 Å². The third kappa shape index (κ3) is 1.84. The van der Waals surface area contributed by atoms with E-state index >= 15 is 0 Å². The number of nitrogen functional groups attached to an aromatic ring is 1. The zero-order valence-corrected chi connectivity index (χ0v) is 9.47. The van der Waals surface area contributed by atoms with E-state index in [2.05, 4.69) is 20.6 Å². The summed E-state index contributed by atoms with van der Waals surface area (Å²) in [6.45, 7) is 0.592. The molecule has 1 aromatic carbocycles. The summed E-state index contributed by atoms with van der Waals surface area (Å²) >= 11 is 0. The van der Waals surface area contributed by atoms with Crippen LogP contribution in [-0.4, -0.2) is 15.9 Å². The van der Waals surface area contributed by atoms with Crippen molar-refractivity contribution in [3.8, 4) is 0 Å². The minimum absolute atomic E-state index is 0.0455. The van der Waals surface area contributed by atoms with Gasteiger partial charge in [0.05, 0.1) is 0 Å². The normalized spacial score (nSPS) is 13.0. The Morgan fingerprint density at radius 3 is 3.06 bits per heavy atom. The van der Waals surface area contributed by atoms with Gasteiger partial charge in [-0.3, -0.25) is 4.79 Å². The second-order valence-corrected chi connectivity index (χ2v) is 3.98. The van der Waals surface area contributed by atoms with E-state index in [0.29, 0.717) is 17.9 Å². The van der Waals surface area contributed by atoms with Gasteiger partial charge in [0.1, 0.15) is 5.82 Å². The van der Waals surface area contributed by atoms with Crippen LogP contribution in [0.1, 0.15) is 15.9 Å². The van der Waals surface area contributed by atoms with E-state index in [-0.39, 0.29) is 11.9 Å². The van der Waals surface area contributed by atoms with Crippen molar-refractivity contribution in [2.24, 2.45) is 0 Å². The van der Waals surface area contributed by atoms with Gasteiger partial charge in [0.25, 0.3) is 5.91 Å². The molecule has 6 nitrogen and oxygen atoms in total. The van der Waals surface area contributed by atoms with Crippen LogP contribution in [0, 0.1) is 0 Å². The van der Waals surface area contributed by atoms with Crippen LogP contribution in [0.4, 0.5) is 17.5 Å². The maximum absolute atomic E-state index is 11.5. The average Bonchev–Trinajstić information content (AvgIpc) is 2.71. The average molecular weight is 241 g/mol. The molecule has 0 spiro atoms. The van der Waals surface area contributed by atoms with Gasteiger partial charge in [-0.25, -0.2) is 4.98 Å². The smallest absolute Gasteiger partial charge is 0.251 e. The Kier molecular flexibility index (Phi) is 2.33. The molecule has 0 unspecified atom stereocenters. The number of rotatable bonds is 2. The van der Waals surface area contributed by atoms with Crippen LogP contribution in [0.25, 0.3) is 0 Å². The summed E-state index contributed by atoms with van der Waals surface area (Å²) in [7, 11) is 0. The number of nitrogens with two attached hydrogens (primary N) is 1. The molecule has 0 radical (unpaired) electrons. The molecule has 3 rings (SSSR count). The van der Waals surface area contributed by atoms with E-state index in [1.807, 2.05) is 12.1 Å². The van der Waals surface area contributed by atoms with Crippen molar-refractivity contribution >= 4 is 23.4 Å². The number of benzene rings is 1. The molecule has 0 bridgehead atoms. The summed E-state index contributed by atoms with van der Waals surface area (Å²) < 4.78 is 0. The van der Waals surface area contributed by atoms with Crippen LogP contribution < -0.4 is 16.4 Å². The van der Waals surface area contributed by atoms with Gasteiger partial charge >= 0.3 is 0 Å².